The molecule has 0 aliphatic rings. The van der Waals surface area contributed by atoms with Crippen LogP contribution in [-0.4, -0.2) is 10.9 Å². The lowest BCUT2D eigenvalue weighted by Gasteiger charge is -2.09. The number of carbonyl (C=O) groups excluding carboxylic acids is 1. The number of nitrogens with zero attached hydrogens (tertiary/aromatic N) is 1. The van der Waals surface area contributed by atoms with Crippen molar-refractivity contribution in [1.82, 2.24) is 4.98 Å². The number of carbonyl (C=O) groups is 1. The zero-order chi connectivity index (χ0) is 14.7. The van der Waals surface area contributed by atoms with Gasteiger partial charge in [-0.15, -0.1) is 0 Å². The van der Waals surface area contributed by atoms with E-state index in [9.17, 15) is 4.79 Å². The standard InChI is InChI=1S/C14H11BrCl2N2O/c1-2-10-5-8(6-13(17)18-10)14(20)19-12-4-3-9(16)7-11(12)15/h3-7H,2H2,1H3,(H,19,20). The van der Waals surface area contributed by atoms with Crippen molar-refractivity contribution in [2.45, 2.75) is 13.3 Å². The first kappa shape index (κ1) is 15.3. The first-order chi connectivity index (χ1) is 9.49. The van der Waals surface area contributed by atoms with Crippen molar-refractivity contribution in [3.63, 3.8) is 0 Å². The highest BCUT2D eigenvalue weighted by Crippen LogP contribution is 2.26. The number of hydrogen-bond donors (Lipinski definition) is 1. The highest BCUT2D eigenvalue weighted by molar-refractivity contribution is 9.10. The Morgan fingerprint density at radius 1 is 1.30 bits per heavy atom. The first-order valence-electron chi connectivity index (χ1n) is 5.92. The molecule has 1 amide bonds. The molecule has 6 heteroatoms. The van der Waals surface area contributed by atoms with Gasteiger partial charge in [0.15, 0.2) is 0 Å². The lowest BCUT2D eigenvalue weighted by Crippen LogP contribution is -2.13. The van der Waals surface area contributed by atoms with Gasteiger partial charge in [-0.25, -0.2) is 4.98 Å². The smallest absolute Gasteiger partial charge is 0.255 e. The van der Waals surface area contributed by atoms with Crippen molar-refractivity contribution >= 4 is 50.7 Å². The van der Waals surface area contributed by atoms with Crippen LogP contribution in [0, 0.1) is 0 Å². The molecule has 0 saturated heterocycles. The quantitative estimate of drug-likeness (QED) is 0.772. The second-order valence-corrected chi connectivity index (χ2v) is 5.78. The van der Waals surface area contributed by atoms with Crippen LogP contribution in [0.4, 0.5) is 5.69 Å². The van der Waals surface area contributed by atoms with Gasteiger partial charge in [0.1, 0.15) is 5.15 Å². The Morgan fingerprint density at radius 3 is 2.70 bits per heavy atom. The Balaban J connectivity index is 2.26. The van der Waals surface area contributed by atoms with Crippen LogP contribution in [0.5, 0.6) is 0 Å². The molecule has 0 saturated carbocycles. The molecule has 20 heavy (non-hydrogen) atoms. The fourth-order valence-electron chi connectivity index (χ4n) is 1.65. The zero-order valence-electron chi connectivity index (χ0n) is 10.6. The number of aromatic nitrogens is 1. The lowest BCUT2D eigenvalue weighted by molar-refractivity contribution is 0.102. The van der Waals surface area contributed by atoms with Crippen molar-refractivity contribution in [2.24, 2.45) is 0 Å². The molecule has 3 nitrogen and oxygen atoms in total. The highest BCUT2D eigenvalue weighted by atomic mass is 79.9. The zero-order valence-corrected chi connectivity index (χ0v) is 13.7. The number of rotatable bonds is 3. The monoisotopic (exact) mass is 372 g/mol. The maximum Gasteiger partial charge on any atom is 0.255 e. The van der Waals surface area contributed by atoms with E-state index in [0.29, 0.717) is 32.3 Å². The summed E-state index contributed by atoms with van der Waals surface area (Å²) >= 11 is 15.1. The lowest BCUT2D eigenvalue weighted by atomic mass is 10.2. The summed E-state index contributed by atoms with van der Waals surface area (Å²) < 4.78 is 0.717. The summed E-state index contributed by atoms with van der Waals surface area (Å²) in [4.78, 5) is 16.3. The van der Waals surface area contributed by atoms with Gasteiger partial charge >= 0.3 is 0 Å². The maximum absolute atomic E-state index is 12.2. The van der Waals surface area contributed by atoms with Crippen LogP contribution in [0.15, 0.2) is 34.8 Å². The summed E-state index contributed by atoms with van der Waals surface area (Å²) in [5.74, 6) is -0.243. The Bertz CT molecular complexity index is 662. The molecule has 0 spiro atoms. The van der Waals surface area contributed by atoms with Crippen LogP contribution in [0.2, 0.25) is 10.2 Å². The van der Waals surface area contributed by atoms with Crippen molar-refractivity contribution in [2.75, 3.05) is 5.32 Å². The minimum atomic E-state index is -0.243. The number of anilines is 1. The number of aryl methyl sites for hydroxylation is 1. The average Bonchev–Trinajstić information content (AvgIpc) is 2.41. The summed E-state index contributed by atoms with van der Waals surface area (Å²) in [6.45, 7) is 1.95. The van der Waals surface area contributed by atoms with Gasteiger partial charge in [-0.3, -0.25) is 4.79 Å². The highest BCUT2D eigenvalue weighted by Gasteiger charge is 2.11. The predicted molar refractivity (Wildman–Crippen MR) is 85.7 cm³/mol. The van der Waals surface area contributed by atoms with E-state index in [4.69, 9.17) is 23.2 Å². The molecule has 0 unspecified atom stereocenters. The number of amides is 1. The Kier molecular flexibility index (Phi) is 5.02. The minimum Gasteiger partial charge on any atom is -0.321 e. The van der Waals surface area contributed by atoms with E-state index in [0.717, 1.165) is 5.69 Å². The normalized spacial score (nSPS) is 10.4. The van der Waals surface area contributed by atoms with E-state index in [1.54, 1.807) is 30.3 Å². The van der Waals surface area contributed by atoms with Crippen LogP contribution < -0.4 is 5.32 Å². The molecular formula is C14H11BrCl2N2O. The summed E-state index contributed by atoms with van der Waals surface area (Å²) in [5, 5.41) is 3.70. The molecule has 0 radical (unpaired) electrons. The fraction of sp³-hybridized carbons (Fsp3) is 0.143. The topological polar surface area (TPSA) is 42.0 Å². The number of hydrogen-bond acceptors (Lipinski definition) is 2. The van der Waals surface area contributed by atoms with Gasteiger partial charge in [-0.1, -0.05) is 30.1 Å². The number of nitrogens with one attached hydrogen (secondary N) is 1. The SMILES string of the molecule is CCc1cc(C(=O)Nc2ccc(Cl)cc2Br)cc(Cl)n1. The molecule has 1 aromatic heterocycles. The van der Waals surface area contributed by atoms with Crippen molar-refractivity contribution in [3.05, 3.63) is 56.2 Å². The van der Waals surface area contributed by atoms with Gasteiger partial charge in [0.05, 0.1) is 5.69 Å². The van der Waals surface area contributed by atoms with Gasteiger partial charge in [-0.2, -0.15) is 0 Å². The number of halogens is 3. The Hall–Kier alpha value is -1.10. The average molecular weight is 374 g/mol. The van der Waals surface area contributed by atoms with E-state index < -0.39 is 0 Å². The summed E-state index contributed by atoms with van der Waals surface area (Å²) in [5.41, 5.74) is 1.90. The van der Waals surface area contributed by atoms with Crippen LogP contribution in [-0.2, 0) is 6.42 Å². The fourth-order valence-corrected chi connectivity index (χ4v) is 2.66. The minimum absolute atomic E-state index is 0.243. The van der Waals surface area contributed by atoms with Crippen LogP contribution in [0.3, 0.4) is 0 Å². The van der Waals surface area contributed by atoms with E-state index >= 15 is 0 Å². The van der Waals surface area contributed by atoms with Crippen LogP contribution in [0.25, 0.3) is 0 Å². The third-order valence-corrected chi connectivity index (χ3v) is 3.74. The van der Waals surface area contributed by atoms with Gasteiger partial charge in [-0.05, 0) is 52.7 Å². The van der Waals surface area contributed by atoms with Crippen LogP contribution in [0.1, 0.15) is 23.0 Å². The predicted octanol–water partition coefficient (Wildman–Crippen LogP) is 4.97. The summed E-state index contributed by atoms with van der Waals surface area (Å²) in [7, 11) is 0. The van der Waals surface area contributed by atoms with E-state index in [1.807, 2.05) is 6.92 Å². The molecule has 1 heterocycles. The molecule has 0 aliphatic heterocycles. The first-order valence-corrected chi connectivity index (χ1v) is 7.47. The molecule has 1 N–H and O–H groups in total. The molecular weight excluding hydrogens is 363 g/mol. The van der Waals surface area contributed by atoms with Gasteiger partial charge in [0, 0.05) is 20.8 Å². The third-order valence-electron chi connectivity index (χ3n) is 2.65. The molecule has 2 aromatic rings. The van der Waals surface area contributed by atoms with E-state index in [2.05, 4.69) is 26.2 Å². The third kappa shape index (κ3) is 3.72. The maximum atomic E-state index is 12.2. The molecule has 0 bridgehead atoms. The molecule has 104 valence electrons. The van der Waals surface area contributed by atoms with Gasteiger partial charge < -0.3 is 5.32 Å². The second kappa shape index (κ2) is 6.57. The van der Waals surface area contributed by atoms with Gasteiger partial charge in [0.25, 0.3) is 5.91 Å². The van der Waals surface area contributed by atoms with Crippen LogP contribution >= 0.6 is 39.1 Å². The molecule has 0 atom stereocenters. The molecule has 2 rings (SSSR count). The van der Waals surface area contributed by atoms with Crippen molar-refractivity contribution in [1.29, 1.82) is 0 Å². The number of benzene rings is 1. The van der Waals surface area contributed by atoms with Crippen molar-refractivity contribution < 1.29 is 4.79 Å². The van der Waals surface area contributed by atoms with Gasteiger partial charge in [0.2, 0.25) is 0 Å². The Morgan fingerprint density at radius 2 is 2.05 bits per heavy atom. The molecule has 1 aromatic carbocycles. The largest absolute Gasteiger partial charge is 0.321 e. The van der Waals surface area contributed by atoms with E-state index in [1.165, 1.54) is 0 Å². The summed E-state index contributed by atoms with van der Waals surface area (Å²) in [6.07, 6.45) is 0.714. The molecule has 0 fully saturated rings. The molecule has 0 aliphatic carbocycles. The van der Waals surface area contributed by atoms with Crippen molar-refractivity contribution in [3.8, 4) is 0 Å². The Labute approximate surface area is 135 Å². The second-order valence-electron chi connectivity index (χ2n) is 4.10. The van der Waals surface area contributed by atoms with E-state index in [-0.39, 0.29) is 5.91 Å². The number of pyridine rings is 1. The summed E-state index contributed by atoms with van der Waals surface area (Å²) in [6, 6.07) is 8.42.